The van der Waals surface area contributed by atoms with E-state index in [9.17, 15) is 4.79 Å². The summed E-state index contributed by atoms with van der Waals surface area (Å²) in [6, 6.07) is 10.1. The predicted octanol–water partition coefficient (Wildman–Crippen LogP) is 2.73. The van der Waals surface area contributed by atoms with Crippen molar-refractivity contribution in [3.05, 3.63) is 56.7 Å². The van der Waals surface area contributed by atoms with E-state index in [1.165, 1.54) is 11.3 Å². The Balaban J connectivity index is 2.23. The molecule has 20 heavy (non-hydrogen) atoms. The lowest BCUT2D eigenvalue weighted by atomic mass is 10.1. The molecule has 1 atom stereocenters. The van der Waals surface area contributed by atoms with Gasteiger partial charge in [-0.1, -0.05) is 35.5 Å². The quantitative estimate of drug-likeness (QED) is 0.341. The summed E-state index contributed by atoms with van der Waals surface area (Å²) in [6.07, 6.45) is 0. The maximum absolute atomic E-state index is 12.1. The second-order valence-corrected chi connectivity index (χ2v) is 6.27. The summed E-state index contributed by atoms with van der Waals surface area (Å²) in [7, 11) is 0. The molecule has 1 aromatic heterocycles. The van der Waals surface area contributed by atoms with Crippen molar-refractivity contribution in [1.29, 1.82) is 0 Å². The minimum Gasteiger partial charge on any atom is -0.409 e. The second kappa shape index (κ2) is 6.53. The van der Waals surface area contributed by atoms with Crippen LogP contribution in [-0.4, -0.2) is 17.0 Å². The summed E-state index contributed by atoms with van der Waals surface area (Å²) in [5.41, 5.74) is 6.92. The van der Waals surface area contributed by atoms with Gasteiger partial charge in [0.15, 0.2) is 5.84 Å². The van der Waals surface area contributed by atoms with Crippen LogP contribution in [0, 0.1) is 0 Å². The number of nitrogens with one attached hydrogen (secondary N) is 1. The van der Waals surface area contributed by atoms with E-state index in [1.807, 2.05) is 18.2 Å². The molecular formula is C13H12BrN3O2S. The Morgan fingerprint density at radius 3 is 2.65 bits per heavy atom. The number of hydrogen-bond acceptors (Lipinski definition) is 4. The lowest BCUT2D eigenvalue weighted by Gasteiger charge is -2.17. The first-order valence-corrected chi connectivity index (χ1v) is 7.36. The van der Waals surface area contributed by atoms with Crippen LogP contribution in [-0.2, 0) is 0 Å². The molecule has 4 N–H and O–H groups in total. The van der Waals surface area contributed by atoms with Crippen molar-refractivity contribution in [3.8, 4) is 0 Å². The van der Waals surface area contributed by atoms with Crippen LogP contribution in [0.1, 0.15) is 22.0 Å². The number of thiophene rings is 1. The van der Waals surface area contributed by atoms with Crippen LogP contribution < -0.4 is 11.1 Å². The number of halogens is 1. The Labute approximate surface area is 128 Å². The molecule has 0 fully saturated rings. The summed E-state index contributed by atoms with van der Waals surface area (Å²) in [4.78, 5) is 12.1. The van der Waals surface area contributed by atoms with E-state index in [-0.39, 0.29) is 11.7 Å². The van der Waals surface area contributed by atoms with Gasteiger partial charge in [0, 0.05) is 5.38 Å². The van der Waals surface area contributed by atoms with Crippen molar-refractivity contribution in [2.75, 3.05) is 0 Å². The Morgan fingerprint density at radius 1 is 1.40 bits per heavy atom. The molecule has 0 radical (unpaired) electrons. The number of carbonyl (C=O) groups excluding carboxylic acids is 1. The molecule has 0 saturated carbocycles. The number of nitrogens with zero attached hydrogens (tertiary/aromatic N) is 1. The van der Waals surface area contributed by atoms with Gasteiger partial charge in [-0.3, -0.25) is 4.79 Å². The highest BCUT2D eigenvalue weighted by Crippen LogP contribution is 2.21. The molecule has 7 heteroatoms. The zero-order chi connectivity index (χ0) is 14.5. The molecule has 5 nitrogen and oxygen atoms in total. The molecule has 0 aliphatic heterocycles. The number of amides is 1. The maximum atomic E-state index is 12.1. The number of rotatable bonds is 4. The van der Waals surface area contributed by atoms with Crippen LogP contribution in [0.3, 0.4) is 0 Å². The summed E-state index contributed by atoms with van der Waals surface area (Å²) in [6.45, 7) is 0. The molecule has 0 bridgehead atoms. The Hall–Kier alpha value is -1.86. The molecular weight excluding hydrogens is 342 g/mol. The van der Waals surface area contributed by atoms with E-state index >= 15 is 0 Å². The van der Waals surface area contributed by atoms with Crippen LogP contribution >= 0.6 is 27.3 Å². The molecule has 0 aliphatic carbocycles. The normalized spacial score (nSPS) is 12.9. The van der Waals surface area contributed by atoms with E-state index in [1.54, 1.807) is 23.6 Å². The van der Waals surface area contributed by atoms with Gasteiger partial charge in [-0.05, 0) is 27.6 Å². The second-order valence-electron chi connectivity index (χ2n) is 3.98. The maximum Gasteiger partial charge on any atom is 0.253 e. The van der Waals surface area contributed by atoms with Gasteiger partial charge in [-0.2, -0.15) is 0 Å². The van der Waals surface area contributed by atoms with Gasteiger partial charge in [-0.25, -0.2) is 0 Å². The minimum absolute atomic E-state index is 0.0705. The van der Waals surface area contributed by atoms with Gasteiger partial charge in [0.1, 0.15) is 6.04 Å². The fraction of sp³-hybridized carbons (Fsp3) is 0.0769. The molecule has 1 aromatic carbocycles. The SMILES string of the molecule is N/C(=N/O)C(NC(=O)c1csc(Br)c1)c1ccccc1. The fourth-order valence-electron chi connectivity index (χ4n) is 1.67. The smallest absolute Gasteiger partial charge is 0.253 e. The highest BCUT2D eigenvalue weighted by Gasteiger charge is 2.20. The summed E-state index contributed by atoms with van der Waals surface area (Å²) in [5, 5.41) is 16.3. The third-order valence-electron chi connectivity index (χ3n) is 2.65. The van der Waals surface area contributed by atoms with Gasteiger partial charge < -0.3 is 16.3 Å². The Bertz CT molecular complexity index is 628. The van der Waals surface area contributed by atoms with Crippen molar-refractivity contribution in [3.63, 3.8) is 0 Å². The predicted molar refractivity (Wildman–Crippen MR) is 82.1 cm³/mol. The largest absolute Gasteiger partial charge is 0.409 e. The first-order valence-electron chi connectivity index (χ1n) is 5.69. The number of nitrogens with two attached hydrogens (primary N) is 1. The average Bonchev–Trinajstić information content (AvgIpc) is 2.91. The first-order chi connectivity index (χ1) is 9.61. The molecule has 0 saturated heterocycles. The van der Waals surface area contributed by atoms with Gasteiger partial charge in [-0.15, -0.1) is 11.3 Å². The van der Waals surface area contributed by atoms with Gasteiger partial charge >= 0.3 is 0 Å². The van der Waals surface area contributed by atoms with Crippen molar-refractivity contribution >= 4 is 39.0 Å². The third kappa shape index (κ3) is 3.37. The van der Waals surface area contributed by atoms with E-state index in [2.05, 4.69) is 26.4 Å². The van der Waals surface area contributed by atoms with Crippen molar-refractivity contribution in [1.82, 2.24) is 5.32 Å². The van der Waals surface area contributed by atoms with Crippen molar-refractivity contribution in [2.24, 2.45) is 10.9 Å². The molecule has 0 aliphatic rings. The number of hydrogen-bond donors (Lipinski definition) is 3. The highest BCUT2D eigenvalue weighted by atomic mass is 79.9. The van der Waals surface area contributed by atoms with Gasteiger partial charge in [0.05, 0.1) is 9.35 Å². The summed E-state index contributed by atoms with van der Waals surface area (Å²) < 4.78 is 0.864. The minimum atomic E-state index is -0.674. The Kier molecular flexibility index (Phi) is 4.75. The number of benzene rings is 1. The van der Waals surface area contributed by atoms with E-state index in [0.29, 0.717) is 5.56 Å². The van der Waals surface area contributed by atoms with Crippen LogP contribution in [0.2, 0.25) is 0 Å². The molecule has 104 valence electrons. The fourth-order valence-corrected chi connectivity index (χ4v) is 2.81. The molecule has 0 spiro atoms. The van der Waals surface area contributed by atoms with Gasteiger partial charge in [0.2, 0.25) is 0 Å². The third-order valence-corrected chi connectivity index (χ3v) is 4.15. The number of amidine groups is 1. The Morgan fingerprint density at radius 2 is 2.10 bits per heavy atom. The molecule has 2 aromatic rings. The lowest BCUT2D eigenvalue weighted by molar-refractivity contribution is 0.0946. The average molecular weight is 354 g/mol. The van der Waals surface area contributed by atoms with Crippen LogP contribution in [0.15, 0.2) is 50.7 Å². The topological polar surface area (TPSA) is 87.7 Å². The van der Waals surface area contributed by atoms with E-state index in [4.69, 9.17) is 10.9 Å². The summed E-state index contributed by atoms with van der Waals surface area (Å²) in [5.74, 6) is -0.355. The lowest BCUT2D eigenvalue weighted by Crippen LogP contribution is -2.37. The van der Waals surface area contributed by atoms with Gasteiger partial charge in [0.25, 0.3) is 5.91 Å². The molecule has 1 unspecified atom stereocenters. The van der Waals surface area contributed by atoms with Crippen LogP contribution in [0.5, 0.6) is 0 Å². The zero-order valence-corrected chi connectivity index (χ0v) is 12.7. The molecule has 1 amide bonds. The highest BCUT2D eigenvalue weighted by molar-refractivity contribution is 9.11. The van der Waals surface area contributed by atoms with E-state index < -0.39 is 6.04 Å². The van der Waals surface area contributed by atoms with Crippen LogP contribution in [0.25, 0.3) is 0 Å². The van der Waals surface area contributed by atoms with E-state index in [0.717, 1.165) is 9.35 Å². The molecule has 1 heterocycles. The molecule has 2 rings (SSSR count). The van der Waals surface area contributed by atoms with Crippen molar-refractivity contribution in [2.45, 2.75) is 6.04 Å². The zero-order valence-electron chi connectivity index (χ0n) is 10.3. The monoisotopic (exact) mass is 353 g/mol. The first kappa shape index (κ1) is 14.5. The van der Waals surface area contributed by atoms with Crippen molar-refractivity contribution < 1.29 is 10.0 Å². The number of carbonyl (C=O) groups is 1. The number of oxime groups is 1. The summed E-state index contributed by atoms with van der Waals surface area (Å²) >= 11 is 4.72. The standard InChI is InChI=1S/C13H12BrN3O2S/c14-10-6-9(7-20-10)13(18)16-11(12(15)17-19)8-4-2-1-3-5-8/h1-7,11,19H,(H2,15,17)(H,16,18). The van der Waals surface area contributed by atoms with Crippen LogP contribution in [0.4, 0.5) is 0 Å².